The van der Waals surface area contributed by atoms with Gasteiger partial charge in [0.15, 0.2) is 0 Å². The van der Waals surface area contributed by atoms with Gasteiger partial charge in [0, 0.05) is 25.2 Å². The van der Waals surface area contributed by atoms with Crippen molar-refractivity contribution < 1.29 is 0 Å². The molecule has 1 saturated carbocycles. The summed E-state index contributed by atoms with van der Waals surface area (Å²) >= 11 is 0. The molecule has 0 aromatic rings. The van der Waals surface area contributed by atoms with Gasteiger partial charge in [0.25, 0.3) is 0 Å². The second-order valence-electron chi connectivity index (χ2n) is 5.86. The van der Waals surface area contributed by atoms with E-state index in [0.717, 1.165) is 24.4 Å². The van der Waals surface area contributed by atoms with Gasteiger partial charge < -0.3 is 5.73 Å². The largest absolute Gasteiger partial charge is 0.326 e. The molecule has 0 aromatic heterocycles. The molecule has 1 aliphatic heterocycles. The minimum absolute atomic E-state index is 0.452. The SMILES string of the molecule is CC(C)C1CCC(N2CCC(N)C2)CC1. The van der Waals surface area contributed by atoms with Crippen molar-refractivity contribution in [3.8, 4) is 0 Å². The van der Waals surface area contributed by atoms with Crippen LogP contribution in [-0.2, 0) is 0 Å². The summed E-state index contributed by atoms with van der Waals surface area (Å²) in [6.45, 7) is 7.14. The number of rotatable bonds is 2. The highest BCUT2D eigenvalue weighted by Gasteiger charge is 2.30. The minimum atomic E-state index is 0.452. The van der Waals surface area contributed by atoms with Crippen LogP contribution < -0.4 is 5.73 Å². The van der Waals surface area contributed by atoms with Crippen LogP contribution in [0.25, 0.3) is 0 Å². The van der Waals surface area contributed by atoms with Gasteiger partial charge in [0.1, 0.15) is 0 Å². The Hall–Kier alpha value is -0.0800. The molecule has 1 unspecified atom stereocenters. The molecule has 1 atom stereocenters. The number of likely N-dealkylation sites (tertiary alicyclic amines) is 1. The van der Waals surface area contributed by atoms with Crippen molar-refractivity contribution in [3.05, 3.63) is 0 Å². The lowest BCUT2D eigenvalue weighted by Gasteiger charge is -2.36. The Morgan fingerprint density at radius 1 is 1.07 bits per heavy atom. The molecule has 2 fully saturated rings. The monoisotopic (exact) mass is 210 g/mol. The summed E-state index contributed by atoms with van der Waals surface area (Å²) in [6.07, 6.45) is 6.91. The van der Waals surface area contributed by atoms with Crippen LogP contribution in [-0.4, -0.2) is 30.1 Å². The maximum Gasteiger partial charge on any atom is 0.0180 e. The summed E-state index contributed by atoms with van der Waals surface area (Å²) in [5.41, 5.74) is 5.97. The Morgan fingerprint density at radius 3 is 2.20 bits per heavy atom. The van der Waals surface area contributed by atoms with Gasteiger partial charge in [0.05, 0.1) is 0 Å². The van der Waals surface area contributed by atoms with Crippen LogP contribution in [0, 0.1) is 11.8 Å². The molecule has 2 rings (SSSR count). The molecule has 1 aliphatic carbocycles. The molecular formula is C13H26N2. The fourth-order valence-electron chi connectivity index (χ4n) is 3.28. The van der Waals surface area contributed by atoms with E-state index in [0.29, 0.717) is 6.04 Å². The smallest absolute Gasteiger partial charge is 0.0180 e. The fraction of sp³-hybridized carbons (Fsp3) is 1.00. The molecule has 2 N–H and O–H groups in total. The molecule has 0 bridgehead atoms. The van der Waals surface area contributed by atoms with E-state index < -0.39 is 0 Å². The molecule has 15 heavy (non-hydrogen) atoms. The Labute approximate surface area is 94.2 Å². The molecule has 2 aliphatic rings. The van der Waals surface area contributed by atoms with E-state index in [2.05, 4.69) is 18.7 Å². The first-order valence-electron chi connectivity index (χ1n) is 6.66. The van der Waals surface area contributed by atoms with E-state index in [1.165, 1.54) is 38.6 Å². The second-order valence-corrected chi connectivity index (χ2v) is 5.86. The van der Waals surface area contributed by atoms with Crippen molar-refractivity contribution in [2.24, 2.45) is 17.6 Å². The van der Waals surface area contributed by atoms with Gasteiger partial charge in [-0.05, 0) is 43.9 Å². The predicted octanol–water partition coefficient (Wildman–Crippen LogP) is 2.23. The fourth-order valence-corrected chi connectivity index (χ4v) is 3.28. The summed E-state index contributed by atoms with van der Waals surface area (Å²) in [5.74, 6) is 1.87. The van der Waals surface area contributed by atoms with Crippen LogP contribution in [0.3, 0.4) is 0 Å². The van der Waals surface area contributed by atoms with Gasteiger partial charge in [-0.3, -0.25) is 4.90 Å². The maximum atomic E-state index is 5.97. The highest BCUT2D eigenvalue weighted by atomic mass is 15.2. The molecule has 2 nitrogen and oxygen atoms in total. The van der Waals surface area contributed by atoms with Gasteiger partial charge in [-0.2, -0.15) is 0 Å². The standard InChI is InChI=1S/C13H26N2/c1-10(2)11-3-5-13(6-4-11)15-8-7-12(14)9-15/h10-13H,3-9,14H2,1-2H3. The van der Waals surface area contributed by atoms with Crippen LogP contribution in [0.4, 0.5) is 0 Å². The first-order valence-corrected chi connectivity index (χ1v) is 6.66. The molecule has 0 spiro atoms. The van der Waals surface area contributed by atoms with E-state index in [1.807, 2.05) is 0 Å². The van der Waals surface area contributed by atoms with E-state index >= 15 is 0 Å². The molecule has 88 valence electrons. The average molecular weight is 210 g/mol. The van der Waals surface area contributed by atoms with Gasteiger partial charge >= 0.3 is 0 Å². The third-order valence-corrected chi connectivity index (χ3v) is 4.46. The van der Waals surface area contributed by atoms with E-state index in [-0.39, 0.29) is 0 Å². The van der Waals surface area contributed by atoms with Crippen LogP contribution in [0.15, 0.2) is 0 Å². The zero-order valence-electron chi connectivity index (χ0n) is 10.3. The third kappa shape index (κ3) is 2.73. The topological polar surface area (TPSA) is 29.3 Å². The van der Waals surface area contributed by atoms with Crippen molar-refractivity contribution >= 4 is 0 Å². The predicted molar refractivity (Wildman–Crippen MR) is 64.7 cm³/mol. The molecule has 0 radical (unpaired) electrons. The molecule has 1 heterocycles. The summed E-state index contributed by atoms with van der Waals surface area (Å²) in [7, 11) is 0. The molecule has 0 aromatic carbocycles. The highest BCUT2D eigenvalue weighted by molar-refractivity contribution is 4.86. The number of nitrogens with zero attached hydrogens (tertiary/aromatic N) is 1. The Morgan fingerprint density at radius 2 is 1.73 bits per heavy atom. The third-order valence-electron chi connectivity index (χ3n) is 4.46. The summed E-state index contributed by atoms with van der Waals surface area (Å²) in [6, 6.07) is 1.31. The van der Waals surface area contributed by atoms with Crippen LogP contribution in [0.5, 0.6) is 0 Å². The molecule has 1 saturated heterocycles. The molecule has 0 amide bonds. The first kappa shape index (κ1) is 11.4. The Bertz CT molecular complexity index is 195. The molecule has 2 heteroatoms. The van der Waals surface area contributed by atoms with Crippen molar-refractivity contribution in [2.75, 3.05) is 13.1 Å². The van der Waals surface area contributed by atoms with Gasteiger partial charge in [-0.15, -0.1) is 0 Å². The van der Waals surface area contributed by atoms with Crippen LogP contribution in [0.1, 0.15) is 46.0 Å². The Kier molecular flexibility index (Phi) is 3.68. The summed E-state index contributed by atoms with van der Waals surface area (Å²) < 4.78 is 0. The van der Waals surface area contributed by atoms with Gasteiger partial charge in [0.2, 0.25) is 0 Å². The van der Waals surface area contributed by atoms with Gasteiger partial charge in [-0.25, -0.2) is 0 Å². The highest BCUT2D eigenvalue weighted by Crippen LogP contribution is 2.33. The number of hydrogen-bond acceptors (Lipinski definition) is 2. The van der Waals surface area contributed by atoms with E-state index in [9.17, 15) is 0 Å². The number of hydrogen-bond donors (Lipinski definition) is 1. The van der Waals surface area contributed by atoms with Crippen molar-refractivity contribution in [2.45, 2.75) is 58.0 Å². The lowest BCUT2D eigenvalue weighted by molar-refractivity contribution is 0.145. The quantitative estimate of drug-likeness (QED) is 0.757. The van der Waals surface area contributed by atoms with E-state index in [4.69, 9.17) is 5.73 Å². The first-order chi connectivity index (χ1) is 7.16. The van der Waals surface area contributed by atoms with Crippen LogP contribution in [0.2, 0.25) is 0 Å². The van der Waals surface area contributed by atoms with E-state index in [1.54, 1.807) is 0 Å². The maximum absolute atomic E-state index is 5.97. The lowest BCUT2D eigenvalue weighted by atomic mass is 9.79. The van der Waals surface area contributed by atoms with Gasteiger partial charge in [-0.1, -0.05) is 13.8 Å². The number of nitrogens with two attached hydrogens (primary N) is 1. The van der Waals surface area contributed by atoms with Crippen LogP contribution >= 0.6 is 0 Å². The van der Waals surface area contributed by atoms with Crippen molar-refractivity contribution in [3.63, 3.8) is 0 Å². The van der Waals surface area contributed by atoms with Crippen molar-refractivity contribution in [1.82, 2.24) is 4.90 Å². The lowest BCUT2D eigenvalue weighted by Crippen LogP contribution is -2.38. The zero-order valence-corrected chi connectivity index (χ0v) is 10.3. The average Bonchev–Trinajstić information content (AvgIpc) is 2.65. The Balaban J connectivity index is 1.78. The van der Waals surface area contributed by atoms with Crippen molar-refractivity contribution in [1.29, 1.82) is 0 Å². The normalized spacial score (nSPS) is 38.8. The molecular weight excluding hydrogens is 184 g/mol. The zero-order chi connectivity index (χ0) is 10.8. The summed E-state index contributed by atoms with van der Waals surface area (Å²) in [4.78, 5) is 2.64. The second kappa shape index (κ2) is 4.84. The summed E-state index contributed by atoms with van der Waals surface area (Å²) in [5, 5.41) is 0. The minimum Gasteiger partial charge on any atom is -0.326 e.